The number of hydrogen-bond donors (Lipinski definition) is 1. The van der Waals surface area contributed by atoms with Crippen LogP contribution in [0.1, 0.15) is 52.4 Å². The molecule has 1 fully saturated rings. The predicted molar refractivity (Wildman–Crippen MR) is 72.0 cm³/mol. The highest BCUT2D eigenvalue weighted by Gasteiger charge is 2.22. The number of nitrogens with one attached hydrogen (secondary N) is 1. The third-order valence-electron chi connectivity index (χ3n) is 4.07. The van der Waals surface area contributed by atoms with Gasteiger partial charge < -0.3 is 10.2 Å². The lowest BCUT2D eigenvalue weighted by Gasteiger charge is -2.30. The lowest BCUT2D eigenvalue weighted by molar-refractivity contribution is -0.128. The first-order valence-electron chi connectivity index (χ1n) is 7.16. The van der Waals surface area contributed by atoms with Crippen molar-refractivity contribution in [3.8, 4) is 0 Å². The van der Waals surface area contributed by atoms with E-state index >= 15 is 0 Å². The molecule has 1 atom stereocenters. The molecule has 0 aromatic heterocycles. The molecule has 1 rings (SSSR count). The van der Waals surface area contributed by atoms with Crippen molar-refractivity contribution in [2.45, 2.75) is 58.4 Å². The van der Waals surface area contributed by atoms with Gasteiger partial charge in [-0.15, -0.1) is 0 Å². The van der Waals surface area contributed by atoms with Crippen molar-refractivity contribution >= 4 is 5.91 Å². The number of carbonyl (C=O) groups excluding carboxylic acids is 1. The summed E-state index contributed by atoms with van der Waals surface area (Å²) in [4.78, 5) is 13.5. The van der Waals surface area contributed by atoms with Gasteiger partial charge in [0.2, 0.25) is 5.91 Å². The number of rotatable bonds is 6. The van der Waals surface area contributed by atoms with E-state index < -0.39 is 0 Å². The fourth-order valence-electron chi connectivity index (χ4n) is 2.71. The van der Waals surface area contributed by atoms with E-state index in [1.54, 1.807) is 4.90 Å². The minimum Gasteiger partial charge on any atom is -0.345 e. The Bertz CT molecular complexity index is 224. The molecule has 0 heterocycles. The van der Waals surface area contributed by atoms with Gasteiger partial charge in [0, 0.05) is 19.6 Å². The zero-order chi connectivity index (χ0) is 12.7. The highest BCUT2D eigenvalue weighted by Crippen LogP contribution is 2.27. The van der Waals surface area contributed by atoms with Gasteiger partial charge in [0.05, 0.1) is 6.54 Å². The molecule has 0 radical (unpaired) electrons. The molecule has 1 N–H and O–H groups in total. The van der Waals surface area contributed by atoms with Crippen molar-refractivity contribution in [2.24, 2.45) is 5.92 Å². The summed E-state index contributed by atoms with van der Waals surface area (Å²) in [5, 5.41) is 3.46. The van der Waals surface area contributed by atoms with Gasteiger partial charge >= 0.3 is 0 Å². The molecular weight excluding hydrogens is 212 g/mol. The second kappa shape index (κ2) is 7.70. The van der Waals surface area contributed by atoms with Crippen molar-refractivity contribution in [3.63, 3.8) is 0 Å². The molecule has 0 spiro atoms. The third-order valence-corrected chi connectivity index (χ3v) is 4.07. The predicted octanol–water partition coefficient (Wildman–Crippen LogP) is 2.41. The Labute approximate surface area is 106 Å². The Morgan fingerprint density at radius 2 is 1.94 bits per heavy atom. The van der Waals surface area contributed by atoms with Gasteiger partial charge in [-0.3, -0.25) is 4.79 Å². The average molecular weight is 240 g/mol. The smallest absolute Gasteiger partial charge is 0.236 e. The molecule has 17 heavy (non-hydrogen) atoms. The Morgan fingerprint density at radius 3 is 2.47 bits per heavy atom. The Morgan fingerprint density at radius 1 is 1.29 bits per heavy atom. The first kappa shape index (κ1) is 14.5. The summed E-state index contributed by atoms with van der Waals surface area (Å²) in [7, 11) is 1.87. The maximum Gasteiger partial charge on any atom is 0.236 e. The van der Waals surface area contributed by atoms with E-state index in [9.17, 15) is 4.79 Å². The number of likely N-dealkylation sites (N-methyl/N-ethyl adjacent to an activating group) is 1. The lowest BCUT2D eigenvalue weighted by atomic mass is 9.83. The van der Waals surface area contributed by atoms with E-state index in [1.165, 1.54) is 32.1 Å². The van der Waals surface area contributed by atoms with E-state index in [0.717, 1.165) is 18.9 Å². The molecule has 0 aromatic rings. The lowest BCUT2D eigenvalue weighted by Crippen LogP contribution is -2.43. The van der Waals surface area contributed by atoms with Gasteiger partial charge in [0.25, 0.3) is 0 Å². The topological polar surface area (TPSA) is 32.3 Å². The van der Waals surface area contributed by atoms with Crippen LogP contribution in [0.4, 0.5) is 0 Å². The van der Waals surface area contributed by atoms with Crippen LogP contribution < -0.4 is 5.32 Å². The van der Waals surface area contributed by atoms with Crippen LogP contribution in [0.3, 0.4) is 0 Å². The summed E-state index contributed by atoms with van der Waals surface area (Å²) < 4.78 is 0. The minimum atomic E-state index is 0.210. The van der Waals surface area contributed by atoms with Crippen LogP contribution >= 0.6 is 0 Å². The van der Waals surface area contributed by atoms with Crippen molar-refractivity contribution < 1.29 is 4.79 Å². The molecule has 1 aliphatic rings. The third kappa shape index (κ3) is 4.66. The second-order valence-corrected chi connectivity index (χ2v) is 5.20. The molecule has 1 amide bonds. The molecule has 100 valence electrons. The van der Waals surface area contributed by atoms with Gasteiger partial charge in [-0.05, 0) is 32.1 Å². The standard InChI is InChI=1S/C14H28N2O/c1-4-13(12-9-7-6-8-10-12)15-11-14(17)16(3)5-2/h12-13,15H,4-11H2,1-3H3. The molecular formula is C14H28N2O. The van der Waals surface area contributed by atoms with Crippen LogP contribution in [0.25, 0.3) is 0 Å². The summed E-state index contributed by atoms with van der Waals surface area (Å²) in [5.74, 6) is 0.996. The van der Waals surface area contributed by atoms with Gasteiger partial charge in [-0.1, -0.05) is 26.2 Å². The van der Waals surface area contributed by atoms with E-state index in [4.69, 9.17) is 0 Å². The normalized spacial score (nSPS) is 19.0. The second-order valence-electron chi connectivity index (χ2n) is 5.20. The maximum absolute atomic E-state index is 11.7. The summed E-state index contributed by atoms with van der Waals surface area (Å²) in [6, 6.07) is 0.532. The maximum atomic E-state index is 11.7. The van der Waals surface area contributed by atoms with Crippen LogP contribution in [-0.2, 0) is 4.79 Å². The molecule has 1 saturated carbocycles. The summed E-state index contributed by atoms with van der Waals surface area (Å²) in [5.41, 5.74) is 0. The largest absolute Gasteiger partial charge is 0.345 e. The Balaban J connectivity index is 2.33. The van der Waals surface area contributed by atoms with E-state index in [1.807, 2.05) is 14.0 Å². The van der Waals surface area contributed by atoms with Crippen molar-refractivity contribution in [2.75, 3.05) is 20.1 Å². The zero-order valence-corrected chi connectivity index (χ0v) is 11.7. The van der Waals surface area contributed by atoms with Crippen molar-refractivity contribution in [3.05, 3.63) is 0 Å². The number of carbonyl (C=O) groups is 1. The van der Waals surface area contributed by atoms with Crippen LogP contribution in [0.5, 0.6) is 0 Å². The van der Waals surface area contributed by atoms with E-state index in [0.29, 0.717) is 12.6 Å². The molecule has 0 aromatic carbocycles. The number of hydrogen-bond acceptors (Lipinski definition) is 2. The van der Waals surface area contributed by atoms with Crippen LogP contribution in [0.15, 0.2) is 0 Å². The molecule has 0 aliphatic heterocycles. The van der Waals surface area contributed by atoms with E-state index in [-0.39, 0.29) is 5.91 Å². The van der Waals surface area contributed by atoms with Crippen LogP contribution in [0, 0.1) is 5.92 Å². The molecule has 1 unspecified atom stereocenters. The Hall–Kier alpha value is -0.570. The fourth-order valence-corrected chi connectivity index (χ4v) is 2.71. The van der Waals surface area contributed by atoms with Gasteiger partial charge in [0.15, 0.2) is 0 Å². The quantitative estimate of drug-likeness (QED) is 0.773. The fraction of sp³-hybridized carbons (Fsp3) is 0.929. The van der Waals surface area contributed by atoms with Crippen LogP contribution in [-0.4, -0.2) is 37.0 Å². The molecule has 0 saturated heterocycles. The number of amides is 1. The van der Waals surface area contributed by atoms with Gasteiger partial charge in [-0.2, -0.15) is 0 Å². The number of nitrogens with zero attached hydrogens (tertiary/aromatic N) is 1. The molecule has 3 nitrogen and oxygen atoms in total. The average Bonchev–Trinajstić information content (AvgIpc) is 2.39. The summed E-state index contributed by atoms with van der Waals surface area (Å²) in [6.45, 7) is 5.52. The van der Waals surface area contributed by atoms with Crippen molar-refractivity contribution in [1.82, 2.24) is 10.2 Å². The molecule has 1 aliphatic carbocycles. The summed E-state index contributed by atoms with van der Waals surface area (Å²) >= 11 is 0. The SMILES string of the molecule is CCC(NCC(=O)N(C)CC)C1CCCCC1. The first-order chi connectivity index (χ1) is 8.19. The van der Waals surface area contributed by atoms with Gasteiger partial charge in [0.1, 0.15) is 0 Å². The monoisotopic (exact) mass is 240 g/mol. The summed E-state index contributed by atoms with van der Waals surface area (Å²) in [6.07, 6.45) is 7.93. The minimum absolute atomic E-state index is 0.210. The molecule has 0 bridgehead atoms. The Kier molecular flexibility index (Phi) is 6.56. The van der Waals surface area contributed by atoms with Crippen molar-refractivity contribution in [1.29, 1.82) is 0 Å². The van der Waals surface area contributed by atoms with E-state index in [2.05, 4.69) is 12.2 Å². The van der Waals surface area contributed by atoms with Gasteiger partial charge in [-0.25, -0.2) is 0 Å². The molecule has 3 heteroatoms. The van der Waals surface area contributed by atoms with Crippen LogP contribution in [0.2, 0.25) is 0 Å². The highest BCUT2D eigenvalue weighted by molar-refractivity contribution is 5.77. The first-order valence-corrected chi connectivity index (χ1v) is 7.16. The zero-order valence-electron chi connectivity index (χ0n) is 11.7. The highest BCUT2D eigenvalue weighted by atomic mass is 16.2.